The molecule has 2 atom stereocenters. The van der Waals surface area contributed by atoms with Crippen LogP contribution in [0.3, 0.4) is 0 Å². The molecular formula is C15H19NO2. The number of aryl methyl sites for hydroxylation is 1. The van der Waals surface area contributed by atoms with E-state index in [0.29, 0.717) is 0 Å². The van der Waals surface area contributed by atoms with Crippen molar-refractivity contribution in [3.05, 3.63) is 42.0 Å². The summed E-state index contributed by atoms with van der Waals surface area (Å²) in [7, 11) is 0. The van der Waals surface area contributed by atoms with Crippen molar-refractivity contribution in [2.75, 3.05) is 5.32 Å². The first-order valence-corrected chi connectivity index (χ1v) is 6.38. The molecule has 0 heterocycles. The molecule has 3 heteroatoms. The fourth-order valence-electron chi connectivity index (χ4n) is 2.40. The molecule has 0 saturated carbocycles. The number of nitrogens with one attached hydrogen (secondary N) is 1. The molecule has 18 heavy (non-hydrogen) atoms. The topological polar surface area (TPSA) is 49.3 Å². The predicted molar refractivity (Wildman–Crippen MR) is 72.7 cm³/mol. The summed E-state index contributed by atoms with van der Waals surface area (Å²) in [5.74, 6) is -0.592. The van der Waals surface area contributed by atoms with Crippen molar-refractivity contribution in [2.45, 2.75) is 32.2 Å². The summed E-state index contributed by atoms with van der Waals surface area (Å²) in [6.45, 7) is 1.99. The van der Waals surface area contributed by atoms with E-state index in [2.05, 4.69) is 17.5 Å². The maximum atomic E-state index is 11.4. The first kappa shape index (κ1) is 12.7. The summed E-state index contributed by atoms with van der Waals surface area (Å²) < 4.78 is 0. The smallest absolute Gasteiger partial charge is 0.326 e. The van der Waals surface area contributed by atoms with Crippen LogP contribution in [0.25, 0.3) is 0 Å². The van der Waals surface area contributed by atoms with Crippen molar-refractivity contribution in [1.29, 1.82) is 0 Å². The molecule has 0 aliphatic heterocycles. The first-order valence-electron chi connectivity index (χ1n) is 6.38. The molecule has 3 nitrogen and oxygen atoms in total. The fourth-order valence-corrected chi connectivity index (χ4v) is 2.40. The van der Waals surface area contributed by atoms with Gasteiger partial charge in [-0.15, -0.1) is 0 Å². The van der Waals surface area contributed by atoms with Crippen LogP contribution in [0.15, 0.2) is 36.4 Å². The SMILES string of the molecule is Cc1ccccc1NC(C(=O)O)C1CC=CCC1. The number of benzene rings is 1. The second-order valence-electron chi connectivity index (χ2n) is 4.82. The molecule has 2 N–H and O–H groups in total. The Bertz CT molecular complexity index is 454. The molecule has 0 fully saturated rings. The van der Waals surface area contributed by atoms with Crippen molar-refractivity contribution in [1.82, 2.24) is 0 Å². The lowest BCUT2D eigenvalue weighted by Crippen LogP contribution is -2.37. The third kappa shape index (κ3) is 2.92. The van der Waals surface area contributed by atoms with Gasteiger partial charge < -0.3 is 10.4 Å². The van der Waals surface area contributed by atoms with Gasteiger partial charge in [-0.1, -0.05) is 30.4 Å². The summed E-state index contributed by atoms with van der Waals surface area (Å²) in [5.41, 5.74) is 1.99. The van der Waals surface area contributed by atoms with Gasteiger partial charge in [0.25, 0.3) is 0 Å². The molecule has 0 aromatic heterocycles. The number of rotatable bonds is 4. The van der Waals surface area contributed by atoms with Crippen LogP contribution < -0.4 is 5.32 Å². The molecule has 1 aromatic rings. The van der Waals surface area contributed by atoms with E-state index >= 15 is 0 Å². The summed E-state index contributed by atoms with van der Waals surface area (Å²) in [5, 5.41) is 12.6. The van der Waals surface area contributed by atoms with Gasteiger partial charge in [0, 0.05) is 5.69 Å². The Balaban J connectivity index is 2.14. The van der Waals surface area contributed by atoms with Gasteiger partial charge in [0.1, 0.15) is 6.04 Å². The van der Waals surface area contributed by atoms with Crippen LogP contribution in [0.2, 0.25) is 0 Å². The second-order valence-corrected chi connectivity index (χ2v) is 4.82. The third-order valence-corrected chi connectivity index (χ3v) is 3.50. The number of carbonyl (C=O) groups is 1. The van der Waals surface area contributed by atoms with Gasteiger partial charge in [0.2, 0.25) is 0 Å². The van der Waals surface area contributed by atoms with E-state index < -0.39 is 12.0 Å². The molecule has 1 aliphatic rings. The van der Waals surface area contributed by atoms with E-state index in [4.69, 9.17) is 0 Å². The molecule has 0 bridgehead atoms. The monoisotopic (exact) mass is 245 g/mol. The zero-order valence-corrected chi connectivity index (χ0v) is 10.6. The zero-order valence-electron chi connectivity index (χ0n) is 10.6. The Hall–Kier alpha value is -1.77. The Morgan fingerprint density at radius 3 is 2.78 bits per heavy atom. The molecule has 0 radical (unpaired) electrons. The van der Waals surface area contributed by atoms with Gasteiger partial charge in [-0.05, 0) is 43.7 Å². The van der Waals surface area contributed by atoms with Gasteiger partial charge in [-0.2, -0.15) is 0 Å². The van der Waals surface area contributed by atoms with Crippen molar-refractivity contribution in [2.24, 2.45) is 5.92 Å². The highest BCUT2D eigenvalue weighted by Crippen LogP contribution is 2.25. The highest BCUT2D eigenvalue weighted by atomic mass is 16.4. The maximum Gasteiger partial charge on any atom is 0.326 e. The lowest BCUT2D eigenvalue weighted by Gasteiger charge is -2.27. The Morgan fingerprint density at radius 1 is 1.39 bits per heavy atom. The molecule has 1 aliphatic carbocycles. The average Bonchev–Trinajstić information content (AvgIpc) is 2.38. The molecular weight excluding hydrogens is 226 g/mol. The largest absolute Gasteiger partial charge is 0.480 e. The first-order chi connectivity index (χ1) is 8.68. The van der Waals surface area contributed by atoms with Gasteiger partial charge in [-0.25, -0.2) is 4.79 Å². The minimum Gasteiger partial charge on any atom is -0.480 e. The van der Waals surface area contributed by atoms with Crippen LogP contribution >= 0.6 is 0 Å². The number of hydrogen-bond donors (Lipinski definition) is 2. The van der Waals surface area contributed by atoms with Crippen molar-refractivity contribution >= 4 is 11.7 Å². The predicted octanol–water partition coefficient (Wildman–Crippen LogP) is 3.22. The second kappa shape index (κ2) is 5.71. The van der Waals surface area contributed by atoms with Gasteiger partial charge in [0.15, 0.2) is 0 Å². The van der Waals surface area contributed by atoms with E-state index in [-0.39, 0.29) is 5.92 Å². The Morgan fingerprint density at radius 2 is 2.17 bits per heavy atom. The number of anilines is 1. The maximum absolute atomic E-state index is 11.4. The van der Waals surface area contributed by atoms with E-state index in [1.54, 1.807) is 0 Å². The van der Waals surface area contributed by atoms with Crippen LogP contribution in [0.4, 0.5) is 5.69 Å². The molecule has 0 spiro atoms. The summed E-state index contributed by atoms with van der Waals surface area (Å²) >= 11 is 0. The number of hydrogen-bond acceptors (Lipinski definition) is 2. The van der Waals surface area contributed by atoms with Crippen LogP contribution in [-0.4, -0.2) is 17.1 Å². The molecule has 96 valence electrons. The van der Waals surface area contributed by atoms with E-state index in [1.165, 1.54) is 0 Å². The van der Waals surface area contributed by atoms with Crippen molar-refractivity contribution in [3.63, 3.8) is 0 Å². The van der Waals surface area contributed by atoms with Crippen molar-refractivity contribution in [3.8, 4) is 0 Å². The minimum atomic E-state index is -0.765. The Kier molecular flexibility index (Phi) is 4.03. The van der Waals surface area contributed by atoms with E-state index in [0.717, 1.165) is 30.5 Å². The number of aliphatic carboxylic acids is 1. The molecule has 2 unspecified atom stereocenters. The van der Waals surface area contributed by atoms with E-state index in [9.17, 15) is 9.90 Å². The van der Waals surface area contributed by atoms with Crippen LogP contribution in [-0.2, 0) is 4.79 Å². The number of carboxylic acid groups (broad SMARTS) is 1. The number of allylic oxidation sites excluding steroid dienone is 2. The third-order valence-electron chi connectivity index (χ3n) is 3.50. The standard InChI is InChI=1S/C15H19NO2/c1-11-7-5-6-10-13(11)16-14(15(17)18)12-8-3-2-4-9-12/h2-3,5-7,10,12,14,16H,4,8-9H2,1H3,(H,17,18). The quantitative estimate of drug-likeness (QED) is 0.801. The summed E-state index contributed by atoms with van der Waals surface area (Å²) in [4.78, 5) is 11.4. The van der Waals surface area contributed by atoms with Crippen LogP contribution in [0.5, 0.6) is 0 Å². The van der Waals surface area contributed by atoms with Gasteiger partial charge in [-0.3, -0.25) is 0 Å². The highest BCUT2D eigenvalue weighted by molar-refractivity contribution is 5.78. The normalized spacial score (nSPS) is 20.4. The zero-order chi connectivity index (χ0) is 13.0. The molecule has 1 aromatic carbocycles. The van der Waals surface area contributed by atoms with Gasteiger partial charge in [0.05, 0.1) is 0 Å². The summed E-state index contributed by atoms with van der Waals surface area (Å²) in [6, 6.07) is 7.30. The highest BCUT2D eigenvalue weighted by Gasteiger charge is 2.28. The van der Waals surface area contributed by atoms with E-state index in [1.807, 2.05) is 31.2 Å². The van der Waals surface area contributed by atoms with Crippen LogP contribution in [0, 0.1) is 12.8 Å². The van der Waals surface area contributed by atoms with Crippen LogP contribution in [0.1, 0.15) is 24.8 Å². The fraction of sp³-hybridized carbons (Fsp3) is 0.400. The lowest BCUT2D eigenvalue weighted by atomic mass is 9.87. The lowest BCUT2D eigenvalue weighted by molar-refractivity contribution is -0.139. The Labute approximate surface area is 108 Å². The molecule has 2 rings (SSSR count). The van der Waals surface area contributed by atoms with Gasteiger partial charge >= 0.3 is 5.97 Å². The molecule has 0 saturated heterocycles. The minimum absolute atomic E-state index is 0.173. The van der Waals surface area contributed by atoms with Crippen molar-refractivity contribution < 1.29 is 9.90 Å². The number of carboxylic acids is 1. The molecule has 0 amide bonds. The number of para-hydroxylation sites is 1. The average molecular weight is 245 g/mol. The summed E-state index contributed by atoms with van der Waals surface area (Å²) in [6.07, 6.45) is 6.97.